The smallest absolute Gasteiger partial charge is 0.328 e. The van der Waals surface area contributed by atoms with Crippen molar-refractivity contribution in [2.45, 2.75) is 24.9 Å². The molecule has 1 aromatic heterocycles. The molecule has 9 heteroatoms. The minimum atomic E-state index is -0.771. The molecule has 1 aromatic carbocycles. The molecule has 1 aliphatic heterocycles. The molecule has 3 rings (SSSR count). The minimum absolute atomic E-state index is 0.145. The van der Waals surface area contributed by atoms with Crippen LogP contribution in [0.5, 0.6) is 5.75 Å². The standard InChI is InChI=1S/C20H26N4O5/c1-29-16-4-2-13(3-5-16)9-17(21)19(27)23-10-14(12-25)8-15(11-23)24-18(26)6-7-22-20(24)28/h2-7,14-15,17,25H,8-12,21H2,1H3,(H,22,28)/t14-,15+,17-/m1/s1. The molecule has 0 radical (unpaired) electrons. The number of H-pyrrole nitrogens is 1. The monoisotopic (exact) mass is 402 g/mol. The first-order chi connectivity index (χ1) is 13.9. The van der Waals surface area contributed by atoms with Gasteiger partial charge in [-0.15, -0.1) is 0 Å². The molecule has 0 saturated carbocycles. The number of piperidine rings is 1. The Morgan fingerprint density at radius 1 is 1.28 bits per heavy atom. The lowest BCUT2D eigenvalue weighted by Crippen LogP contribution is -2.54. The lowest BCUT2D eigenvalue weighted by molar-refractivity contribution is -0.135. The Labute approximate surface area is 167 Å². The second-order valence-corrected chi connectivity index (χ2v) is 7.33. The molecule has 4 N–H and O–H groups in total. The number of nitrogens with zero attached hydrogens (tertiary/aromatic N) is 2. The van der Waals surface area contributed by atoms with Crippen LogP contribution < -0.4 is 21.7 Å². The molecule has 156 valence electrons. The number of nitrogens with one attached hydrogen (secondary N) is 1. The molecule has 1 amide bonds. The molecular weight excluding hydrogens is 376 g/mol. The van der Waals surface area contributed by atoms with Gasteiger partial charge in [0, 0.05) is 37.9 Å². The summed E-state index contributed by atoms with van der Waals surface area (Å²) in [6, 6.07) is 7.29. The summed E-state index contributed by atoms with van der Waals surface area (Å²) >= 11 is 0. The Hall–Kier alpha value is -2.91. The summed E-state index contributed by atoms with van der Waals surface area (Å²) in [5.74, 6) is 0.207. The Morgan fingerprint density at radius 3 is 2.62 bits per heavy atom. The summed E-state index contributed by atoms with van der Waals surface area (Å²) in [6.07, 6.45) is 2.07. The number of carbonyl (C=O) groups is 1. The summed E-state index contributed by atoms with van der Waals surface area (Å²) in [4.78, 5) is 41.3. The number of carbonyl (C=O) groups excluding carboxylic acids is 1. The van der Waals surface area contributed by atoms with Crippen LogP contribution in [0.2, 0.25) is 0 Å². The zero-order chi connectivity index (χ0) is 21.0. The average molecular weight is 402 g/mol. The second kappa shape index (κ2) is 9.06. The fourth-order valence-electron chi connectivity index (χ4n) is 3.79. The van der Waals surface area contributed by atoms with E-state index in [9.17, 15) is 19.5 Å². The zero-order valence-electron chi connectivity index (χ0n) is 16.3. The largest absolute Gasteiger partial charge is 0.497 e. The Kier molecular flexibility index (Phi) is 6.50. The molecule has 2 aromatic rings. The van der Waals surface area contributed by atoms with Crippen molar-refractivity contribution in [1.29, 1.82) is 0 Å². The zero-order valence-corrected chi connectivity index (χ0v) is 16.3. The molecule has 1 saturated heterocycles. The van der Waals surface area contributed by atoms with E-state index in [1.54, 1.807) is 24.1 Å². The highest BCUT2D eigenvalue weighted by Gasteiger charge is 2.33. The highest BCUT2D eigenvalue weighted by atomic mass is 16.5. The van der Waals surface area contributed by atoms with Crippen molar-refractivity contribution in [2.24, 2.45) is 11.7 Å². The fourth-order valence-corrected chi connectivity index (χ4v) is 3.79. The Balaban J connectivity index is 1.76. The number of aromatic amines is 1. The normalized spacial score (nSPS) is 20.3. The number of nitrogens with two attached hydrogens (primary N) is 1. The lowest BCUT2D eigenvalue weighted by atomic mass is 9.93. The molecule has 0 aliphatic carbocycles. The number of hydrogen-bond acceptors (Lipinski definition) is 6. The third-order valence-electron chi connectivity index (χ3n) is 5.27. The van der Waals surface area contributed by atoms with Crippen LogP contribution in [0.1, 0.15) is 18.0 Å². The number of aromatic nitrogens is 2. The van der Waals surface area contributed by atoms with E-state index in [0.717, 1.165) is 15.9 Å². The molecule has 1 aliphatic rings. The van der Waals surface area contributed by atoms with Gasteiger partial charge in [-0.1, -0.05) is 12.1 Å². The van der Waals surface area contributed by atoms with E-state index < -0.39 is 23.3 Å². The van der Waals surface area contributed by atoms with E-state index in [1.165, 1.54) is 12.3 Å². The number of benzene rings is 1. The third kappa shape index (κ3) is 4.75. The average Bonchev–Trinajstić information content (AvgIpc) is 2.73. The maximum Gasteiger partial charge on any atom is 0.328 e. The van der Waals surface area contributed by atoms with Gasteiger partial charge in [-0.2, -0.15) is 0 Å². The van der Waals surface area contributed by atoms with E-state index in [0.29, 0.717) is 19.4 Å². The van der Waals surface area contributed by atoms with Crippen LogP contribution in [0, 0.1) is 5.92 Å². The SMILES string of the molecule is COc1ccc(C[C@@H](N)C(=O)N2C[C@H](CO)C[C@H](n3c(=O)cc[nH]c3=O)C2)cc1. The maximum atomic E-state index is 13.0. The number of methoxy groups -OCH3 is 1. The van der Waals surface area contributed by atoms with Crippen molar-refractivity contribution in [3.63, 3.8) is 0 Å². The van der Waals surface area contributed by atoms with Crippen LogP contribution in [0.15, 0.2) is 46.1 Å². The van der Waals surface area contributed by atoms with Gasteiger partial charge >= 0.3 is 5.69 Å². The third-order valence-corrected chi connectivity index (χ3v) is 5.27. The van der Waals surface area contributed by atoms with Crippen molar-refractivity contribution < 1.29 is 14.6 Å². The van der Waals surface area contributed by atoms with E-state index in [1.807, 2.05) is 12.1 Å². The van der Waals surface area contributed by atoms with Crippen LogP contribution in [-0.2, 0) is 11.2 Å². The van der Waals surface area contributed by atoms with Gasteiger partial charge in [0.1, 0.15) is 5.75 Å². The number of aliphatic hydroxyl groups is 1. The number of rotatable bonds is 6. The van der Waals surface area contributed by atoms with E-state index in [2.05, 4.69) is 4.98 Å². The summed E-state index contributed by atoms with van der Waals surface area (Å²) < 4.78 is 6.24. The predicted octanol–water partition coefficient (Wildman–Crippen LogP) is -0.503. The van der Waals surface area contributed by atoms with Crippen molar-refractivity contribution in [3.8, 4) is 5.75 Å². The second-order valence-electron chi connectivity index (χ2n) is 7.33. The van der Waals surface area contributed by atoms with Gasteiger partial charge in [0.05, 0.1) is 19.2 Å². The molecule has 9 nitrogen and oxygen atoms in total. The Bertz CT molecular complexity index is 924. The van der Waals surface area contributed by atoms with Crippen molar-refractivity contribution in [2.75, 3.05) is 26.8 Å². The Morgan fingerprint density at radius 2 is 2.00 bits per heavy atom. The number of ether oxygens (including phenoxy) is 1. The van der Waals surface area contributed by atoms with Crippen LogP contribution in [0.4, 0.5) is 0 Å². The number of aliphatic hydroxyl groups excluding tert-OH is 1. The number of hydrogen-bond donors (Lipinski definition) is 3. The van der Waals surface area contributed by atoms with Gasteiger partial charge in [-0.05, 0) is 30.5 Å². The van der Waals surface area contributed by atoms with Gasteiger partial charge < -0.3 is 25.5 Å². The summed E-state index contributed by atoms with van der Waals surface area (Å²) in [5, 5.41) is 9.66. The quantitative estimate of drug-likeness (QED) is 0.597. The molecular formula is C20H26N4O5. The summed E-state index contributed by atoms with van der Waals surface area (Å²) in [6.45, 7) is 0.383. The number of amides is 1. The fraction of sp³-hybridized carbons (Fsp3) is 0.450. The van der Waals surface area contributed by atoms with E-state index in [4.69, 9.17) is 10.5 Å². The highest BCUT2D eigenvalue weighted by Crippen LogP contribution is 2.24. The first kappa shape index (κ1) is 20.8. The molecule has 29 heavy (non-hydrogen) atoms. The maximum absolute atomic E-state index is 13.0. The summed E-state index contributed by atoms with van der Waals surface area (Å²) in [5.41, 5.74) is 6.09. The van der Waals surface area contributed by atoms with Crippen LogP contribution in [0.3, 0.4) is 0 Å². The van der Waals surface area contributed by atoms with Gasteiger partial charge in [0.25, 0.3) is 5.56 Å². The molecule has 1 fully saturated rings. The van der Waals surface area contributed by atoms with Crippen LogP contribution in [-0.4, -0.2) is 58.3 Å². The molecule has 3 atom stereocenters. The molecule has 2 heterocycles. The van der Waals surface area contributed by atoms with E-state index >= 15 is 0 Å². The molecule has 0 unspecified atom stereocenters. The van der Waals surface area contributed by atoms with Crippen LogP contribution >= 0.6 is 0 Å². The van der Waals surface area contributed by atoms with Gasteiger partial charge in [-0.3, -0.25) is 14.2 Å². The topological polar surface area (TPSA) is 131 Å². The van der Waals surface area contributed by atoms with Crippen LogP contribution in [0.25, 0.3) is 0 Å². The first-order valence-electron chi connectivity index (χ1n) is 9.51. The highest BCUT2D eigenvalue weighted by molar-refractivity contribution is 5.82. The number of likely N-dealkylation sites (tertiary alicyclic amines) is 1. The molecule has 0 spiro atoms. The van der Waals surface area contributed by atoms with Gasteiger partial charge in [0.2, 0.25) is 5.91 Å². The van der Waals surface area contributed by atoms with Crippen molar-refractivity contribution in [1.82, 2.24) is 14.5 Å². The molecule has 0 bridgehead atoms. The minimum Gasteiger partial charge on any atom is -0.497 e. The van der Waals surface area contributed by atoms with Crippen molar-refractivity contribution >= 4 is 5.91 Å². The lowest BCUT2D eigenvalue weighted by Gasteiger charge is -2.38. The van der Waals surface area contributed by atoms with Crippen molar-refractivity contribution in [3.05, 3.63) is 62.9 Å². The summed E-state index contributed by atoms with van der Waals surface area (Å²) in [7, 11) is 1.58. The van der Waals surface area contributed by atoms with Gasteiger partial charge in [-0.25, -0.2) is 4.79 Å². The predicted molar refractivity (Wildman–Crippen MR) is 107 cm³/mol. The van der Waals surface area contributed by atoms with Gasteiger partial charge in [0.15, 0.2) is 0 Å². The van der Waals surface area contributed by atoms with E-state index in [-0.39, 0.29) is 25.0 Å². The first-order valence-corrected chi connectivity index (χ1v) is 9.51.